The van der Waals surface area contributed by atoms with Gasteiger partial charge in [0.1, 0.15) is 0 Å². The highest BCUT2D eigenvalue weighted by atomic mass is 28.3. The van der Waals surface area contributed by atoms with Crippen LogP contribution in [0.1, 0.15) is 11.1 Å². The molecule has 0 heterocycles. The third-order valence-corrected chi connectivity index (χ3v) is 4.02. The van der Waals surface area contributed by atoms with Crippen molar-refractivity contribution in [2.75, 3.05) is 0 Å². The minimum Gasteiger partial charge on any atom is -0.0656 e. The topological polar surface area (TPSA) is 0 Å². The van der Waals surface area contributed by atoms with Gasteiger partial charge in [0.25, 0.3) is 0 Å². The molecular weight excluding hydrogens is 160 g/mol. The Labute approximate surface area is 76.6 Å². The first-order valence-electron chi connectivity index (χ1n) is 4.34. The Morgan fingerprint density at radius 3 is 2.08 bits per heavy atom. The van der Waals surface area contributed by atoms with Crippen LogP contribution in [0.4, 0.5) is 0 Å². The van der Waals surface area contributed by atoms with Crippen LogP contribution in [0, 0.1) is 13.8 Å². The largest absolute Gasteiger partial charge is 0.0776 e. The monoisotopic (exact) mass is 177 g/mol. The molecule has 65 valence electrons. The van der Waals surface area contributed by atoms with E-state index in [-0.39, 0.29) is 0 Å². The van der Waals surface area contributed by atoms with Crippen molar-refractivity contribution in [3.8, 4) is 0 Å². The molecule has 1 aromatic carbocycles. The number of hydrogen-bond acceptors (Lipinski definition) is 0. The number of aryl methyl sites for hydroxylation is 1. The Bertz CT molecular complexity index is 261. The molecule has 1 rings (SSSR count). The Balaban J connectivity index is 3.18. The zero-order valence-electron chi connectivity index (χ0n) is 8.44. The highest BCUT2D eigenvalue weighted by Crippen LogP contribution is 2.07. The second-order valence-corrected chi connectivity index (χ2v) is 9.53. The second kappa shape index (κ2) is 3.06. The molecule has 0 nitrogen and oxygen atoms in total. The summed E-state index contributed by atoms with van der Waals surface area (Å²) in [6, 6.07) is 6.64. The summed E-state index contributed by atoms with van der Waals surface area (Å²) in [6.45, 7) is 13.2. The molecule has 0 bridgehead atoms. The van der Waals surface area contributed by atoms with E-state index in [1.54, 1.807) is 0 Å². The van der Waals surface area contributed by atoms with Crippen molar-refractivity contribution in [3.05, 3.63) is 36.2 Å². The average molecular weight is 177 g/mol. The Kier molecular flexibility index (Phi) is 2.43. The molecule has 0 saturated heterocycles. The van der Waals surface area contributed by atoms with Crippen molar-refractivity contribution in [2.24, 2.45) is 0 Å². The maximum absolute atomic E-state index is 3.98. The average Bonchev–Trinajstić information content (AvgIpc) is 1.82. The van der Waals surface area contributed by atoms with Gasteiger partial charge in [-0.15, -0.1) is 0 Å². The SMILES string of the molecule is [CH2]c1cc(C)cc([Si](C)(C)C)c1. The van der Waals surface area contributed by atoms with Crippen molar-refractivity contribution in [1.82, 2.24) is 0 Å². The summed E-state index contributed by atoms with van der Waals surface area (Å²) < 4.78 is 0. The molecule has 0 aliphatic rings. The lowest BCUT2D eigenvalue weighted by molar-refractivity contribution is 1.45. The van der Waals surface area contributed by atoms with E-state index in [2.05, 4.69) is 51.7 Å². The highest BCUT2D eigenvalue weighted by Gasteiger charge is 2.16. The quantitative estimate of drug-likeness (QED) is 0.579. The van der Waals surface area contributed by atoms with Gasteiger partial charge in [-0.3, -0.25) is 0 Å². The summed E-state index contributed by atoms with van der Waals surface area (Å²) in [5.74, 6) is 0. The first-order valence-corrected chi connectivity index (χ1v) is 7.84. The smallest absolute Gasteiger partial charge is 0.0656 e. The van der Waals surface area contributed by atoms with E-state index in [0.717, 1.165) is 5.56 Å². The molecule has 0 aliphatic carbocycles. The van der Waals surface area contributed by atoms with Crippen LogP contribution >= 0.6 is 0 Å². The summed E-state index contributed by atoms with van der Waals surface area (Å²) in [7, 11) is -1.14. The standard InChI is InChI=1S/C11H17Si/c1-9-6-10(2)8-11(7-9)12(3,4)5/h6-8H,1H2,2-5H3. The van der Waals surface area contributed by atoms with Gasteiger partial charge in [0, 0.05) is 0 Å². The van der Waals surface area contributed by atoms with E-state index < -0.39 is 8.07 Å². The second-order valence-electron chi connectivity index (χ2n) is 4.46. The van der Waals surface area contributed by atoms with Crippen LogP contribution in [0.3, 0.4) is 0 Å². The summed E-state index contributed by atoms with van der Waals surface area (Å²) in [5, 5.41) is 1.51. The van der Waals surface area contributed by atoms with E-state index in [1.807, 2.05) is 0 Å². The molecule has 0 atom stereocenters. The van der Waals surface area contributed by atoms with Crippen LogP contribution < -0.4 is 5.19 Å². The van der Waals surface area contributed by atoms with Crippen molar-refractivity contribution < 1.29 is 0 Å². The van der Waals surface area contributed by atoms with Crippen LogP contribution in [-0.4, -0.2) is 8.07 Å². The maximum atomic E-state index is 3.98. The van der Waals surface area contributed by atoms with Crippen molar-refractivity contribution in [1.29, 1.82) is 0 Å². The van der Waals surface area contributed by atoms with Gasteiger partial charge >= 0.3 is 0 Å². The van der Waals surface area contributed by atoms with E-state index in [0.29, 0.717) is 0 Å². The van der Waals surface area contributed by atoms with Gasteiger partial charge in [0.05, 0.1) is 8.07 Å². The van der Waals surface area contributed by atoms with E-state index in [9.17, 15) is 0 Å². The van der Waals surface area contributed by atoms with E-state index >= 15 is 0 Å². The van der Waals surface area contributed by atoms with Crippen LogP contribution in [-0.2, 0) is 0 Å². The fourth-order valence-corrected chi connectivity index (χ4v) is 2.57. The summed E-state index contributed by atoms with van der Waals surface area (Å²) in [4.78, 5) is 0. The zero-order valence-corrected chi connectivity index (χ0v) is 9.44. The van der Waals surface area contributed by atoms with Crippen molar-refractivity contribution in [3.63, 3.8) is 0 Å². The Morgan fingerprint density at radius 2 is 1.67 bits per heavy atom. The molecule has 12 heavy (non-hydrogen) atoms. The summed E-state index contributed by atoms with van der Waals surface area (Å²) in [5.41, 5.74) is 2.48. The van der Waals surface area contributed by atoms with Gasteiger partial charge in [-0.25, -0.2) is 0 Å². The van der Waals surface area contributed by atoms with Crippen LogP contribution in [0.15, 0.2) is 18.2 Å². The first-order chi connectivity index (χ1) is 5.39. The molecule has 0 fully saturated rings. The van der Waals surface area contributed by atoms with Gasteiger partial charge in [-0.1, -0.05) is 48.6 Å². The maximum Gasteiger partial charge on any atom is 0.0776 e. The van der Waals surface area contributed by atoms with Crippen LogP contribution in [0.25, 0.3) is 0 Å². The highest BCUT2D eigenvalue weighted by molar-refractivity contribution is 6.88. The molecule has 1 radical (unpaired) electrons. The molecule has 0 amide bonds. The summed E-state index contributed by atoms with van der Waals surface area (Å²) in [6.07, 6.45) is 0. The van der Waals surface area contributed by atoms with Gasteiger partial charge in [0.2, 0.25) is 0 Å². The van der Waals surface area contributed by atoms with Crippen molar-refractivity contribution in [2.45, 2.75) is 26.6 Å². The number of benzene rings is 1. The van der Waals surface area contributed by atoms with Gasteiger partial charge in [0.15, 0.2) is 0 Å². The Morgan fingerprint density at radius 1 is 1.08 bits per heavy atom. The van der Waals surface area contributed by atoms with Gasteiger partial charge in [-0.05, 0) is 19.4 Å². The Hall–Kier alpha value is -0.563. The van der Waals surface area contributed by atoms with Gasteiger partial charge < -0.3 is 0 Å². The molecule has 0 unspecified atom stereocenters. The third-order valence-electron chi connectivity index (χ3n) is 2.00. The van der Waals surface area contributed by atoms with Crippen molar-refractivity contribution >= 4 is 13.3 Å². The molecule has 0 N–H and O–H groups in total. The van der Waals surface area contributed by atoms with E-state index in [4.69, 9.17) is 0 Å². The van der Waals surface area contributed by atoms with Gasteiger partial charge in [-0.2, -0.15) is 0 Å². The van der Waals surface area contributed by atoms with E-state index in [1.165, 1.54) is 10.8 Å². The molecule has 1 heteroatoms. The molecule has 1 aromatic rings. The minimum atomic E-state index is -1.14. The summed E-state index contributed by atoms with van der Waals surface area (Å²) >= 11 is 0. The molecule has 0 aromatic heterocycles. The first kappa shape index (κ1) is 9.52. The predicted molar refractivity (Wildman–Crippen MR) is 58.6 cm³/mol. The normalized spacial score (nSPS) is 11.8. The third kappa shape index (κ3) is 2.21. The number of hydrogen-bond donors (Lipinski definition) is 0. The minimum absolute atomic E-state index is 1.14. The predicted octanol–water partition coefficient (Wildman–Crippen LogP) is 2.72. The molecular formula is C11H17Si. The molecule has 0 aliphatic heterocycles. The van der Waals surface area contributed by atoms with Crippen LogP contribution in [0.2, 0.25) is 19.6 Å². The fourth-order valence-electron chi connectivity index (χ4n) is 1.30. The van der Waals surface area contributed by atoms with Crippen LogP contribution in [0.5, 0.6) is 0 Å². The molecule has 0 spiro atoms. The molecule has 0 saturated carbocycles. The fraction of sp³-hybridized carbons (Fsp3) is 0.364. The lowest BCUT2D eigenvalue weighted by Gasteiger charge is -2.17. The number of rotatable bonds is 1. The lowest BCUT2D eigenvalue weighted by atomic mass is 10.2. The zero-order chi connectivity index (χ0) is 9.35. The lowest BCUT2D eigenvalue weighted by Crippen LogP contribution is -2.37.